The molecule has 0 unspecified atom stereocenters. The van der Waals surface area contributed by atoms with Crippen molar-refractivity contribution in [2.45, 2.75) is 6.18 Å². The van der Waals surface area contributed by atoms with Crippen LogP contribution in [0.4, 0.5) is 18.9 Å². The number of alkyl halides is 3. The highest BCUT2D eigenvalue weighted by atomic mass is 35.5. The quantitative estimate of drug-likeness (QED) is 0.543. The van der Waals surface area contributed by atoms with E-state index in [0.717, 1.165) is 32.4 Å². The highest BCUT2D eigenvalue weighted by Crippen LogP contribution is 2.33. The summed E-state index contributed by atoms with van der Waals surface area (Å²) in [6.45, 7) is 0. The molecule has 0 atom stereocenters. The van der Waals surface area contributed by atoms with Gasteiger partial charge in [-0.3, -0.25) is 0 Å². The van der Waals surface area contributed by atoms with Crippen molar-refractivity contribution in [3.8, 4) is 11.6 Å². The molecule has 1 N–H and O–H groups in total. The zero-order chi connectivity index (χ0) is 21.6. The van der Waals surface area contributed by atoms with E-state index in [2.05, 4.69) is 19.8 Å². The van der Waals surface area contributed by atoms with Gasteiger partial charge in [0.15, 0.2) is 0 Å². The third-order valence-corrected chi connectivity index (χ3v) is 3.60. The summed E-state index contributed by atoms with van der Waals surface area (Å²) >= 11 is 6.10. The van der Waals surface area contributed by atoms with Crippen molar-refractivity contribution in [2.24, 2.45) is 0 Å². The van der Waals surface area contributed by atoms with Crippen LogP contribution in [0.25, 0.3) is 0 Å². The number of ether oxygens (including phenoxy) is 3. The van der Waals surface area contributed by atoms with Crippen LogP contribution in [-0.2, 0) is 25.2 Å². The molecule has 0 saturated heterocycles. The fourth-order valence-electron chi connectivity index (χ4n) is 1.99. The fraction of sp³-hybridized carbons (Fsp3) is 0.167. The van der Waals surface area contributed by atoms with Gasteiger partial charge in [0, 0.05) is 11.8 Å². The molecule has 29 heavy (non-hydrogen) atoms. The van der Waals surface area contributed by atoms with Crippen molar-refractivity contribution in [3.05, 3.63) is 58.9 Å². The predicted octanol–water partition coefficient (Wildman–Crippen LogP) is 4.19. The second-order valence-electron chi connectivity index (χ2n) is 5.30. The largest absolute Gasteiger partial charge is 0.466 e. The molecule has 0 spiro atoms. The van der Waals surface area contributed by atoms with Crippen molar-refractivity contribution in [3.63, 3.8) is 0 Å². The van der Waals surface area contributed by atoms with E-state index in [9.17, 15) is 22.8 Å². The van der Waals surface area contributed by atoms with Crippen LogP contribution in [0.15, 0.2) is 48.2 Å². The third-order valence-electron chi connectivity index (χ3n) is 3.31. The van der Waals surface area contributed by atoms with Crippen LogP contribution >= 0.6 is 11.6 Å². The molecule has 0 aliphatic rings. The molecule has 0 fully saturated rings. The number of anilines is 1. The Morgan fingerprint density at radius 3 is 2.45 bits per heavy atom. The van der Waals surface area contributed by atoms with E-state index in [1.54, 1.807) is 0 Å². The number of pyridine rings is 1. The summed E-state index contributed by atoms with van der Waals surface area (Å²) in [7, 11) is 2.26. The van der Waals surface area contributed by atoms with Gasteiger partial charge in [0.05, 0.1) is 25.3 Å². The van der Waals surface area contributed by atoms with Gasteiger partial charge in [-0.25, -0.2) is 14.6 Å². The molecule has 2 aromatic rings. The molecule has 0 bridgehead atoms. The monoisotopic (exact) mass is 430 g/mol. The Hall–Kier alpha value is -3.27. The number of benzene rings is 1. The number of hydrogen-bond acceptors (Lipinski definition) is 7. The second kappa shape index (κ2) is 9.28. The Morgan fingerprint density at radius 2 is 1.86 bits per heavy atom. The standard InChI is InChI=1S/C18H14ClF3N2O5/c1-27-16(25)9-12(17(26)28-2)23-10-6-7-13(11(19)8-10)29-15-5-3-4-14(24-15)18(20,21)22/h3-9,23H,1-2H3/b12-9+. The van der Waals surface area contributed by atoms with Gasteiger partial charge in [0.2, 0.25) is 5.88 Å². The Kier molecular flexibility index (Phi) is 7.05. The van der Waals surface area contributed by atoms with Gasteiger partial charge in [0.25, 0.3) is 0 Å². The molecule has 11 heteroatoms. The number of carbonyl (C=O) groups is 2. The minimum atomic E-state index is -4.62. The Balaban J connectivity index is 2.23. The lowest BCUT2D eigenvalue weighted by atomic mass is 10.2. The summed E-state index contributed by atoms with van der Waals surface area (Å²) in [6.07, 6.45) is -3.73. The molecule has 1 aromatic carbocycles. The van der Waals surface area contributed by atoms with E-state index in [1.807, 2.05) is 0 Å². The summed E-state index contributed by atoms with van der Waals surface area (Å²) in [4.78, 5) is 26.5. The minimum absolute atomic E-state index is 0.0106. The molecule has 0 radical (unpaired) electrons. The minimum Gasteiger partial charge on any atom is -0.466 e. The summed E-state index contributed by atoms with van der Waals surface area (Å²) < 4.78 is 52.6. The van der Waals surface area contributed by atoms with Crippen molar-refractivity contribution in [1.82, 2.24) is 4.98 Å². The van der Waals surface area contributed by atoms with Crippen LogP contribution in [-0.4, -0.2) is 31.1 Å². The number of hydrogen-bond donors (Lipinski definition) is 1. The molecule has 0 saturated carbocycles. The SMILES string of the molecule is COC(=O)/C=C(/Nc1ccc(Oc2cccc(C(F)(F)F)n2)c(Cl)c1)C(=O)OC. The molecule has 154 valence electrons. The Bertz CT molecular complexity index is 947. The maximum absolute atomic E-state index is 12.7. The Labute approximate surface area is 168 Å². The Morgan fingerprint density at radius 1 is 1.14 bits per heavy atom. The number of esters is 2. The van der Waals surface area contributed by atoms with E-state index >= 15 is 0 Å². The van der Waals surface area contributed by atoms with E-state index in [1.165, 1.54) is 24.3 Å². The summed E-state index contributed by atoms with van der Waals surface area (Å²) in [6, 6.07) is 7.30. The zero-order valence-corrected chi connectivity index (χ0v) is 15.8. The lowest BCUT2D eigenvalue weighted by Gasteiger charge is -2.12. The number of carbonyl (C=O) groups excluding carboxylic acids is 2. The maximum Gasteiger partial charge on any atom is 0.433 e. The van der Waals surface area contributed by atoms with Crippen LogP contribution in [0.1, 0.15) is 5.69 Å². The van der Waals surface area contributed by atoms with Gasteiger partial charge < -0.3 is 19.5 Å². The van der Waals surface area contributed by atoms with E-state index in [4.69, 9.17) is 16.3 Å². The smallest absolute Gasteiger partial charge is 0.433 e. The average molecular weight is 431 g/mol. The van der Waals surface area contributed by atoms with Crippen LogP contribution in [0.2, 0.25) is 5.02 Å². The normalized spacial score (nSPS) is 11.6. The second-order valence-corrected chi connectivity index (χ2v) is 5.71. The lowest BCUT2D eigenvalue weighted by molar-refractivity contribution is -0.141. The van der Waals surface area contributed by atoms with Crippen LogP contribution < -0.4 is 10.1 Å². The first-order valence-corrected chi connectivity index (χ1v) is 8.18. The maximum atomic E-state index is 12.7. The van der Waals surface area contributed by atoms with E-state index in [-0.39, 0.29) is 28.0 Å². The molecule has 0 aliphatic carbocycles. The van der Waals surface area contributed by atoms with Crippen LogP contribution in [0, 0.1) is 0 Å². The number of methoxy groups -OCH3 is 2. The molecule has 0 amide bonds. The number of halogens is 4. The topological polar surface area (TPSA) is 86.8 Å². The molecule has 0 aliphatic heterocycles. The number of nitrogens with zero attached hydrogens (tertiary/aromatic N) is 1. The predicted molar refractivity (Wildman–Crippen MR) is 96.5 cm³/mol. The van der Waals surface area contributed by atoms with Crippen molar-refractivity contribution >= 4 is 29.2 Å². The van der Waals surface area contributed by atoms with Crippen LogP contribution in [0.3, 0.4) is 0 Å². The highest BCUT2D eigenvalue weighted by Gasteiger charge is 2.32. The van der Waals surface area contributed by atoms with E-state index in [0.29, 0.717) is 0 Å². The molecule has 2 rings (SSSR count). The first-order valence-electron chi connectivity index (χ1n) is 7.80. The van der Waals surface area contributed by atoms with E-state index < -0.39 is 23.8 Å². The van der Waals surface area contributed by atoms with Crippen LogP contribution in [0.5, 0.6) is 11.6 Å². The van der Waals surface area contributed by atoms with Gasteiger partial charge >= 0.3 is 18.1 Å². The van der Waals surface area contributed by atoms with Gasteiger partial charge in [-0.05, 0) is 24.3 Å². The van der Waals surface area contributed by atoms with Crippen molar-refractivity contribution in [2.75, 3.05) is 19.5 Å². The fourth-order valence-corrected chi connectivity index (χ4v) is 2.21. The van der Waals surface area contributed by atoms with Crippen molar-refractivity contribution < 1.29 is 37.0 Å². The first-order chi connectivity index (χ1) is 13.6. The van der Waals surface area contributed by atoms with Gasteiger partial charge in [0.1, 0.15) is 17.1 Å². The molecule has 7 nitrogen and oxygen atoms in total. The average Bonchev–Trinajstić information content (AvgIpc) is 2.68. The van der Waals surface area contributed by atoms with Gasteiger partial charge in [-0.2, -0.15) is 13.2 Å². The van der Waals surface area contributed by atoms with Crippen molar-refractivity contribution in [1.29, 1.82) is 0 Å². The lowest BCUT2D eigenvalue weighted by Crippen LogP contribution is -2.15. The number of nitrogens with one attached hydrogen (secondary N) is 1. The number of aromatic nitrogens is 1. The van der Waals surface area contributed by atoms with Gasteiger partial charge in [-0.1, -0.05) is 17.7 Å². The first kappa shape index (κ1) is 22.0. The molecule has 1 heterocycles. The highest BCUT2D eigenvalue weighted by molar-refractivity contribution is 6.32. The molecule has 1 aromatic heterocycles. The summed E-state index contributed by atoms with van der Waals surface area (Å²) in [5.41, 5.74) is -1.05. The number of rotatable bonds is 6. The van der Waals surface area contributed by atoms with Gasteiger partial charge in [-0.15, -0.1) is 0 Å². The summed E-state index contributed by atoms with van der Waals surface area (Å²) in [5, 5.41) is 2.65. The third kappa shape index (κ3) is 6.11. The molecular formula is C18H14ClF3N2O5. The zero-order valence-electron chi connectivity index (χ0n) is 15.0. The molecular weight excluding hydrogens is 417 g/mol. The summed E-state index contributed by atoms with van der Waals surface area (Å²) in [5.74, 6) is -1.90.